The van der Waals surface area contributed by atoms with Crippen LogP contribution < -0.4 is 10.2 Å². The molecule has 2 amide bonds. The topological polar surface area (TPSA) is 86.8 Å². The molecular formula is C24H28FN3O4S. The third kappa shape index (κ3) is 4.79. The van der Waals surface area contributed by atoms with Crippen LogP contribution in [-0.4, -0.2) is 43.7 Å². The van der Waals surface area contributed by atoms with E-state index in [4.69, 9.17) is 0 Å². The summed E-state index contributed by atoms with van der Waals surface area (Å²) in [5.41, 5.74) is 1.51. The average Bonchev–Trinajstić information content (AvgIpc) is 2.96. The molecule has 0 radical (unpaired) electrons. The highest BCUT2D eigenvalue weighted by Gasteiger charge is 2.38. The lowest BCUT2D eigenvalue weighted by Gasteiger charge is -2.24. The lowest BCUT2D eigenvalue weighted by molar-refractivity contribution is -0.125. The number of fused-ring (bicyclic) bond motifs is 1. The van der Waals surface area contributed by atoms with Gasteiger partial charge in [0.25, 0.3) is 0 Å². The summed E-state index contributed by atoms with van der Waals surface area (Å²) in [5, 5.41) is 2.71. The molecule has 2 heterocycles. The minimum absolute atomic E-state index is 0.00130. The summed E-state index contributed by atoms with van der Waals surface area (Å²) in [4.78, 5) is 26.9. The summed E-state index contributed by atoms with van der Waals surface area (Å²) in [5.74, 6) is -1.15. The van der Waals surface area contributed by atoms with E-state index in [0.29, 0.717) is 29.9 Å². The number of carbonyl (C=O) groups excluding carboxylic acids is 2. The van der Waals surface area contributed by atoms with Crippen molar-refractivity contribution in [2.24, 2.45) is 0 Å². The molecule has 1 atom stereocenters. The van der Waals surface area contributed by atoms with Crippen molar-refractivity contribution in [1.82, 2.24) is 9.62 Å². The first kappa shape index (κ1) is 23.4. The van der Waals surface area contributed by atoms with Crippen molar-refractivity contribution in [2.75, 3.05) is 18.0 Å². The molecule has 0 aromatic heterocycles. The van der Waals surface area contributed by atoms with Gasteiger partial charge >= 0.3 is 0 Å². The first-order chi connectivity index (χ1) is 15.8. The average molecular weight is 474 g/mol. The number of hydrogen-bond donors (Lipinski definition) is 1. The van der Waals surface area contributed by atoms with Crippen LogP contribution in [0.3, 0.4) is 0 Å². The van der Waals surface area contributed by atoms with Gasteiger partial charge in [0, 0.05) is 44.2 Å². The summed E-state index contributed by atoms with van der Waals surface area (Å²) in [6, 6.07) is 10.0. The fourth-order valence-corrected chi connectivity index (χ4v) is 6.13. The predicted molar refractivity (Wildman–Crippen MR) is 123 cm³/mol. The zero-order chi connectivity index (χ0) is 23.6. The number of benzene rings is 2. The fourth-order valence-electron chi connectivity index (χ4n) is 4.56. The van der Waals surface area contributed by atoms with Gasteiger partial charge in [-0.25, -0.2) is 12.8 Å². The van der Waals surface area contributed by atoms with Gasteiger partial charge in [-0.15, -0.1) is 0 Å². The van der Waals surface area contributed by atoms with Gasteiger partial charge in [-0.1, -0.05) is 31.0 Å². The van der Waals surface area contributed by atoms with E-state index in [1.807, 2.05) is 0 Å². The van der Waals surface area contributed by atoms with E-state index >= 15 is 0 Å². The minimum Gasteiger partial charge on any atom is -0.350 e. The van der Waals surface area contributed by atoms with Crippen LogP contribution >= 0.6 is 0 Å². The molecular weight excluding hydrogens is 445 g/mol. The Balaban J connectivity index is 1.55. The predicted octanol–water partition coefficient (Wildman–Crippen LogP) is 2.98. The maximum Gasteiger partial charge on any atom is 0.243 e. The molecule has 9 heteroatoms. The van der Waals surface area contributed by atoms with E-state index in [2.05, 4.69) is 5.32 Å². The van der Waals surface area contributed by atoms with Crippen LogP contribution in [0.4, 0.5) is 10.1 Å². The lowest BCUT2D eigenvalue weighted by atomic mass is 10.1. The van der Waals surface area contributed by atoms with E-state index in [1.165, 1.54) is 28.3 Å². The third-order valence-electron chi connectivity index (χ3n) is 6.29. The monoisotopic (exact) mass is 473 g/mol. The molecule has 0 unspecified atom stereocenters. The number of amides is 2. The quantitative estimate of drug-likeness (QED) is 0.723. The zero-order valence-corrected chi connectivity index (χ0v) is 19.4. The van der Waals surface area contributed by atoms with Crippen LogP contribution in [-0.2, 0) is 32.6 Å². The van der Waals surface area contributed by atoms with Crippen LogP contribution in [0.2, 0.25) is 0 Å². The molecule has 4 rings (SSSR count). The normalized spacial score (nSPS) is 19.1. The number of anilines is 1. The molecule has 1 fully saturated rings. The maximum atomic E-state index is 13.9. The second-order valence-corrected chi connectivity index (χ2v) is 10.5. The van der Waals surface area contributed by atoms with E-state index in [0.717, 1.165) is 25.7 Å². The van der Waals surface area contributed by atoms with Crippen LogP contribution in [0.5, 0.6) is 0 Å². The van der Waals surface area contributed by atoms with Gasteiger partial charge in [-0.05, 0) is 42.7 Å². The summed E-state index contributed by atoms with van der Waals surface area (Å²) in [6.45, 7) is 2.37. The van der Waals surface area contributed by atoms with Gasteiger partial charge < -0.3 is 5.32 Å². The Morgan fingerprint density at radius 3 is 2.42 bits per heavy atom. The molecule has 0 bridgehead atoms. The molecule has 0 spiro atoms. The summed E-state index contributed by atoms with van der Waals surface area (Å²) in [7, 11) is -3.65. The molecule has 1 saturated heterocycles. The fraction of sp³-hybridized carbons (Fsp3) is 0.417. The number of rotatable bonds is 5. The van der Waals surface area contributed by atoms with Gasteiger partial charge in [0.2, 0.25) is 21.8 Å². The third-order valence-corrected chi connectivity index (χ3v) is 8.19. The van der Waals surface area contributed by atoms with Crippen molar-refractivity contribution >= 4 is 27.5 Å². The minimum atomic E-state index is -3.65. The Morgan fingerprint density at radius 1 is 1.06 bits per heavy atom. The van der Waals surface area contributed by atoms with Crippen LogP contribution in [0.25, 0.3) is 0 Å². The van der Waals surface area contributed by atoms with E-state index in [9.17, 15) is 22.4 Å². The van der Waals surface area contributed by atoms with Crippen LogP contribution in [0.1, 0.15) is 43.7 Å². The van der Waals surface area contributed by atoms with E-state index in [1.54, 1.807) is 30.3 Å². The van der Waals surface area contributed by atoms with Gasteiger partial charge in [-0.3, -0.25) is 14.5 Å². The van der Waals surface area contributed by atoms with Crippen molar-refractivity contribution < 1.29 is 22.4 Å². The van der Waals surface area contributed by atoms with E-state index in [-0.39, 0.29) is 23.8 Å². The molecule has 2 aliphatic heterocycles. The summed E-state index contributed by atoms with van der Waals surface area (Å²) >= 11 is 0. The van der Waals surface area contributed by atoms with Crippen molar-refractivity contribution in [3.05, 3.63) is 59.4 Å². The highest BCUT2D eigenvalue weighted by Crippen LogP contribution is 2.35. The van der Waals surface area contributed by atoms with Gasteiger partial charge in [-0.2, -0.15) is 4.31 Å². The second kappa shape index (κ2) is 9.61. The molecule has 2 aliphatic rings. The lowest BCUT2D eigenvalue weighted by Crippen LogP contribution is -2.47. The Hall–Kier alpha value is -2.78. The largest absolute Gasteiger partial charge is 0.350 e. The highest BCUT2D eigenvalue weighted by atomic mass is 32.2. The molecule has 33 heavy (non-hydrogen) atoms. The molecule has 0 saturated carbocycles. The van der Waals surface area contributed by atoms with Crippen molar-refractivity contribution in [2.45, 2.75) is 56.5 Å². The molecule has 7 nitrogen and oxygen atoms in total. The first-order valence-electron chi connectivity index (χ1n) is 11.2. The van der Waals surface area contributed by atoms with Gasteiger partial charge in [0.05, 0.1) is 4.90 Å². The number of hydrogen-bond acceptors (Lipinski definition) is 4. The Morgan fingerprint density at radius 2 is 1.76 bits per heavy atom. The molecule has 0 aliphatic carbocycles. The summed E-state index contributed by atoms with van der Waals surface area (Å²) in [6.07, 6.45) is 3.92. The number of halogens is 1. The standard InChI is InChI=1S/C24H28FN3O4S/c1-17(29)28-22-11-10-20(33(31,32)27-12-6-2-3-7-13-27)14-19(22)15-23(28)24(30)26-16-18-8-4-5-9-21(18)25/h4-5,8-11,14,23H,2-3,6-7,12-13,15-16H2,1H3,(H,26,30)/t23-/m1/s1. The highest BCUT2D eigenvalue weighted by molar-refractivity contribution is 7.89. The number of nitrogens with one attached hydrogen (secondary N) is 1. The molecule has 2 aromatic rings. The Labute approximate surface area is 193 Å². The molecule has 2 aromatic carbocycles. The smallest absolute Gasteiger partial charge is 0.243 e. The number of sulfonamides is 1. The Kier molecular flexibility index (Phi) is 6.81. The first-order valence-corrected chi connectivity index (χ1v) is 12.7. The SMILES string of the molecule is CC(=O)N1c2ccc(S(=O)(=O)N3CCCCCC3)cc2C[C@@H]1C(=O)NCc1ccccc1F. The van der Waals surface area contributed by atoms with Gasteiger partial charge in [0.1, 0.15) is 11.9 Å². The number of carbonyl (C=O) groups is 2. The van der Waals surface area contributed by atoms with Crippen molar-refractivity contribution in [3.63, 3.8) is 0 Å². The van der Waals surface area contributed by atoms with Crippen LogP contribution in [0, 0.1) is 5.82 Å². The maximum absolute atomic E-state index is 13.9. The summed E-state index contributed by atoms with van der Waals surface area (Å²) < 4.78 is 41.8. The molecule has 176 valence electrons. The second-order valence-electron chi connectivity index (χ2n) is 8.53. The van der Waals surface area contributed by atoms with E-state index < -0.39 is 27.8 Å². The Bertz CT molecular complexity index is 1160. The van der Waals surface area contributed by atoms with Crippen molar-refractivity contribution in [1.29, 1.82) is 0 Å². The molecule has 1 N–H and O–H groups in total. The zero-order valence-electron chi connectivity index (χ0n) is 18.6. The number of nitrogens with zero attached hydrogens (tertiary/aromatic N) is 2. The van der Waals surface area contributed by atoms with Crippen LogP contribution in [0.15, 0.2) is 47.4 Å². The van der Waals surface area contributed by atoms with Gasteiger partial charge in [0.15, 0.2) is 0 Å². The van der Waals surface area contributed by atoms with Crippen molar-refractivity contribution in [3.8, 4) is 0 Å².